The number of hydrogen-bond acceptors (Lipinski definition) is 3. The summed E-state index contributed by atoms with van der Waals surface area (Å²) in [5.41, 5.74) is 3.62. The summed E-state index contributed by atoms with van der Waals surface area (Å²) in [6, 6.07) is 8.39. The van der Waals surface area contributed by atoms with Crippen LogP contribution in [0.5, 0.6) is 0 Å². The zero-order valence-electron chi connectivity index (χ0n) is 22.1. The molecule has 34 heavy (non-hydrogen) atoms. The number of rotatable bonds is 8. The van der Waals surface area contributed by atoms with Crippen molar-refractivity contribution < 1.29 is 9.22 Å². The van der Waals surface area contributed by atoms with Gasteiger partial charge >= 0.3 is 229 Å². The Morgan fingerprint density at radius 3 is 2.47 bits per heavy atom. The molecule has 1 fully saturated rings. The normalized spacial score (nSPS) is 23.6. The molecule has 0 unspecified atom stereocenters. The number of allylic oxidation sites excluding steroid dienone is 1. The molecule has 1 aromatic carbocycles. The molecule has 3 atom stereocenters. The summed E-state index contributed by atoms with van der Waals surface area (Å²) in [4.78, 5) is 20.8. The first-order chi connectivity index (χ1) is 15.9. The van der Waals surface area contributed by atoms with Crippen molar-refractivity contribution >= 4 is 62.2 Å². The van der Waals surface area contributed by atoms with E-state index in [0.717, 1.165) is 22.2 Å². The van der Waals surface area contributed by atoms with Gasteiger partial charge < -0.3 is 0 Å². The number of β-lactam (4-membered cyclic amide) rings is 1. The number of carbonyl (C=O) groups excluding carboxylic acids is 1. The second kappa shape index (κ2) is 11.3. The Labute approximate surface area is 227 Å². The van der Waals surface area contributed by atoms with E-state index < -0.39 is 8.32 Å². The average molecular weight is 660 g/mol. The molecule has 0 radical (unpaired) electrons. The molecule has 3 rings (SSSR count). The van der Waals surface area contributed by atoms with Crippen LogP contribution in [-0.4, -0.2) is 51.0 Å². The molecule has 0 aromatic heterocycles. The molecule has 4 nitrogen and oxygen atoms in total. The Bertz CT molecular complexity index is 952. The van der Waals surface area contributed by atoms with Gasteiger partial charge in [0.15, 0.2) is 0 Å². The Hall–Kier alpha value is -0.474. The second-order valence-electron chi connectivity index (χ2n) is 11.2. The quantitative estimate of drug-likeness (QED) is 0.125. The molecule has 1 aromatic rings. The van der Waals surface area contributed by atoms with Crippen LogP contribution in [-0.2, 0) is 9.22 Å². The average Bonchev–Trinajstić information content (AvgIpc) is 2.84. The predicted molar refractivity (Wildman–Crippen MR) is 156 cm³/mol. The fraction of sp³-hybridized carbons (Fsp3) is 0.630. The number of nitrogens with zero attached hydrogens (tertiary/aromatic N) is 2. The zero-order chi connectivity index (χ0) is 25.3. The summed E-state index contributed by atoms with van der Waals surface area (Å²) in [5.74, 6) is 0.0793. The minimum atomic E-state index is -1.98. The molecule has 1 saturated heterocycles. The number of amidine groups is 1. The van der Waals surface area contributed by atoms with Crippen LogP contribution < -0.4 is 0 Å². The van der Waals surface area contributed by atoms with E-state index in [0.29, 0.717) is 0 Å². The molecule has 0 bridgehead atoms. The Morgan fingerprint density at radius 2 is 1.88 bits per heavy atom. The summed E-state index contributed by atoms with van der Waals surface area (Å²) in [6.45, 7) is 17.8. The van der Waals surface area contributed by atoms with Gasteiger partial charge in [0.25, 0.3) is 0 Å². The van der Waals surface area contributed by atoms with Crippen LogP contribution in [0.4, 0.5) is 5.69 Å². The molecule has 7 heteroatoms. The van der Waals surface area contributed by atoms with Gasteiger partial charge in [-0.1, -0.05) is 0 Å². The number of carbonyl (C=O) groups is 1. The summed E-state index contributed by atoms with van der Waals surface area (Å²) in [6.07, 6.45) is 4.59. The number of aryl methyl sites for hydroxylation is 1. The monoisotopic (exact) mass is 660 g/mol. The number of amides is 1. The number of hydrogen-bond donors (Lipinski definition) is 0. The maximum atomic E-state index is 13.7. The first kappa shape index (κ1) is 28.1. The van der Waals surface area contributed by atoms with Crippen molar-refractivity contribution in [1.29, 1.82) is 0 Å². The molecule has 0 saturated carbocycles. The number of halogens is 1. The summed E-state index contributed by atoms with van der Waals surface area (Å²) >= 11 is 2.69. The van der Waals surface area contributed by atoms with Crippen molar-refractivity contribution in [2.24, 2.45) is 10.9 Å². The molecule has 2 aliphatic heterocycles. The van der Waals surface area contributed by atoms with E-state index in [1.807, 2.05) is 4.90 Å². The molecular formula is C27H41IN2O2SeSi. The van der Waals surface area contributed by atoms with Crippen LogP contribution in [0.3, 0.4) is 0 Å². The third-order valence-electron chi connectivity index (χ3n) is 7.48. The first-order valence-electron chi connectivity index (χ1n) is 12.5. The molecule has 0 aliphatic carbocycles. The third kappa shape index (κ3) is 6.08. The van der Waals surface area contributed by atoms with Gasteiger partial charge in [0, 0.05) is 0 Å². The summed E-state index contributed by atoms with van der Waals surface area (Å²) < 4.78 is 9.19. The van der Waals surface area contributed by atoms with E-state index in [1.165, 1.54) is 34.0 Å². The number of aliphatic imine (C=N–C) groups is 1. The van der Waals surface area contributed by atoms with E-state index in [2.05, 4.69) is 101 Å². The second-order valence-corrected chi connectivity index (χ2v) is 19.2. The first-order valence-corrected chi connectivity index (χ1v) is 18.6. The molecule has 2 aliphatic rings. The minimum absolute atomic E-state index is 0.0876. The van der Waals surface area contributed by atoms with Crippen LogP contribution in [0.25, 0.3) is 0 Å². The Kier molecular flexibility index (Phi) is 9.33. The van der Waals surface area contributed by atoms with Crippen molar-refractivity contribution in [2.75, 3.05) is 0 Å². The van der Waals surface area contributed by atoms with E-state index in [1.54, 1.807) is 0 Å². The van der Waals surface area contributed by atoms with Gasteiger partial charge in [0.05, 0.1) is 0 Å². The number of benzene rings is 1. The van der Waals surface area contributed by atoms with Crippen LogP contribution in [0.15, 0.2) is 38.4 Å². The standard InChI is InChI=1S/C27H41IN2O2SeSi/c1-9-10-11-12-21-22(28)17-33-26(29-20-15-13-18(2)14-16-20)30-24(21)23(25(30)31)19(3)32-34(7,8)27(4,5)6/h13-16,19,23-24H,9-12,17H2,1-8H3/t19-,23-,24-/m1/s1. The van der Waals surface area contributed by atoms with Gasteiger partial charge in [0.1, 0.15) is 0 Å². The third-order valence-corrected chi connectivity index (χ3v) is 16.3. The van der Waals surface area contributed by atoms with Gasteiger partial charge in [-0.15, -0.1) is 0 Å². The van der Waals surface area contributed by atoms with Gasteiger partial charge in [-0.25, -0.2) is 0 Å². The summed E-state index contributed by atoms with van der Waals surface area (Å²) in [5, 5.41) is 1.14. The van der Waals surface area contributed by atoms with E-state index in [-0.39, 0.29) is 44.0 Å². The van der Waals surface area contributed by atoms with Crippen molar-refractivity contribution in [2.45, 2.75) is 103 Å². The summed E-state index contributed by atoms with van der Waals surface area (Å²) in [7, 11) is -1.98. The molecule has 1 amide bonds. The van der Waals surface area contributed by atoms with Gasteiger partial charge in [-0.05, 0) is 0 Å². The van der Waals surface area contributed by atoms with Gasteiger partial charge in [-0.2, -0.15) is 0 Å². The fourth-order valence-electron chi connectivity index (χ4n) is 4.38. The van der Waals surface area contributed by atoms with Crippen LogP contribution in [0.2, 0.25) is 23.5 Å². The number of unbranched alkanes of at least 4 members (excludes halogenated alkanes) is 2. The molecule has 2 heterocycles. The maximum absolute atomic E-state index is 13.7. The van der Waals surface area contributed by atoms with Crippen LogP contribution in [0.1, 0.15) is 65.9 Å². The number of fused-ring (bicyclic) bond motifs is 1. The van der Waals surface area contributed by atoms with Gasteiger partial charge in [0.2, 0.25) is 0 Å². The van der Waals surface area contributed by atoms with E-state index in [4.69, 9.17) is 9.42 Å². The van der Waals surface area contributed by atoms with Crippen molar-refractivity contribution in [3.05, 3.63) is 39.0 Å². The molecule has 0 N–H and O–H groups in total. The van der Waals surface area contributed by atoms with Crippen LogP contribution >= 0.6 is 22.6 Å². The fourth-order valence-corrected chi connectivity index (χ4v) is 9.21. The van der Waals surface area contributed by atoms with E-state index in [9.17, 15) is 4.79 Å². The topological polar surface area (TPSA) is 41.9 Å². The van der Waals surface area contributed by atoms with Crippen LogP contribution in [0, 0.1) is 12.8 Å². The zero-order valence-corrected chi connectivity index (χ0v) is 26.9. The Morgan fingerprint density at radius 1 is 1.24 bits per heavy atom. The van der Waals surface area contributed by atoms with Crippen molar-refractivity contribution in [3.63, 3.8) is 0 Å². The van der Waals surface area contributed by atoms with Crippen molar-refractivity contribution in [1.82, 2.24) is 4.90 Å². The molecule has 188 valence electrons. The Balaban J connectivity index is 1.96. The molecular weight excluding hydrogens is 618 g/mol. The van der Waals surface area contributed by atoms with Gasteiger partial charge in [-0.3, -0.25) is 0 Å². The SMILES string of the molecule is CCCCCC1=C(I)C[Se]C(=Nc2ccc(C)cc2)N2C(=O)[C@H]([C@@H](C)O[Si](C)(C)C(C)(C)C)[C@@H]12. The predicted octanol–water partition coefficient (Wildman–Crippen LogP) is 7.63. The van der Waals surface area contributed by atoms with Crippen molar-refractivity contribution in [3.8, 4) is 0 Å². The molecule has 0 spiro atoms. The van der Waals surface area contributed by atoms with E-state index >= 15 is 0 Å².